The number of ether oxygens (including phenoxy) is 2. The van der Waals surface area contributed by atoms with Gasteiger partial charge in [0.1, 0.15) is 19.0 Å². The smallest absolute Gasteiger partial charge is 0.338 e. The van der Waals surface area contributed by atoms with Crippen molar-refractivity contribution in [3.63, 3.8) is 0 Å². The summed E-state index contributed by atoms with van der Waals surface area (Å²) in [5.74, 6) is 0.403. The minimum Gasteiger partial charge on any atom is -0.490 e. The van der Waals surface area contributed by atoms with Crippen LogP contribution in [0.15, 0.2) is 42.5 Å². The van der Waals surface area contributed by atoms with Crippen LogP contribution in [-0.2, 0) is 4.74 Å². The van der Waals surface area contributed by atoms with E-state index in [0.717, 1.165) is 28.2 Å². The van der Waals surface area contributed by atoms with E-state index in [0.29, 0.717) is 17.7 Å². The fraction of sp³-hybridized carbons (Fsp3) is 0.250. The van der Waals surface area contributed by atoms with Gasteiger partial charge in [-0.3, -0.25) is 0 Å². The first-order chi connectivity index (χ1) is 12.0. The van der Waals surface area contributed by atoms with Crippen LogP contribution in [0.25, 0.3) is 11.0 Å². The molecule has 2 aromatic carbocycles. The van der Waals surface area contributed by atoms with Crippen molar-refractivity contribution in [3.05, 3.63) is 65.0 Å². The Hall–Kier alpha value is -2.95. The number of carbonyl (C=O) groups excluding carboxylic acids is 1. The van der Waals surface area contributed by atoms with Crippen molar-refractivity contribution >= 4 is 17.0 Å². The first-order valence-corrected chi connectivity index (χ1v) is 8.15. The monoisotopic (exact) mass is 336 g/mol. The molecule has 0 aliphatic carbocycles. The predicted molar refractivity (Wildman–Crippen MR) is 96.0 cm³/mol. The number of hydrogen-bond donors (Lipinski definition) is 0. The van der Waals surface area contributed by atoms with Crippen molar-refractivity contribution in [2.45, 2.75) is 20.8 Å². The number of rotatable bonds is 5. The molecule has 3 aromatic rings. The van der Waals surface area contributed by atoms with Crippen molar-refractivity contribution < 1.29 is 14.3 Å². The highest BCUT2D eigenvalue weighted by Crippen LogP contribution is 2.17. The van der Waals surface area contributed by atoms with Gasteiger partial charge in [0.2, 0.25) is 0 Å². The van der Waals surface area contributed by atoms with E-state index < -0.39 is 5.97 Å². The molecule has 0 aliphatic rings. The van der Waals surface area contributed by atoms with Crippen LogP contribution in [-0.4, -0.2) is 29.2 Å². The van der Waals surface area contributed by atoms with Crippen LogP contribution in [0.5, 0.6) is 5.75 Å². The van der Waals surface area contributed by atoms with E-state index in [1.807, 2.05) is 45.0 Å². The maximum Gasteiger partial charge on any atom is 0.338 e. The summed E-state index contributed by atoms with van der Waals surface area (Å²) in [6.07, 6.45) is 0. The molecule has 5 heteroatoms. The van der Waals surface area contributed by atoms with E-state index >= 15 is 0 Å². The Morgan fingerprint density at radius 2 is 1.64 bits per heavy atom. The molecule has 0 aliphatic heterocycles. The molecule has 5 nitrogen and oxygen atoms in total. The number of hydrogen-bond acceptors (Lipinski definition) is 5. The zero-order chi connectivity index (χ0) is 17.8. The van der Waals surface area contributed by atoms with E-state index in [2.05, 4.69) is 9.97 Å². The number of carbonyl (C=O) groups is 1. The number of fused-ring (bicyclic) bond motifs is 1. The second-order valence-electron chi connectivity index (χ2n) is 5.85. The highest BCUT2D eigenvalue weighted by Gasteiger charge is 2.10. The molecule has 0 N–H and O–H groups in total. The fourth-order valence-electron chi connectivity index (χ4n) is 2.45. The summed E-state index contributed by atoms with van der Waals surface area (Å²) in [4.78, 5) is 21.1. The van der Waals surface area contributed by atoms with E-state index in [4.69, 9.17) is 9.47 Å². The van der Waals surface area contributed by atoms with Crippen molar-refractivity contribution in [2.24, 2.45) is 0 Å². The molecule has 0 atom stereocenters. The van der Waals surface area contributed by atoms with Crippen molar-refractivity contribution in [1.82, 2.24) is 9.97 Å². The van der Waals surface area contributed by atoms with Crippen molar-refractivity contribution in [1.29, 1.82) is 0 Å². The summed E-state index contributed by atoms with van der Waals surface area (Å²) in [5.41, 5.74) is 4.70. The van der Waals surface area contributed by atoms with E-state index in [9.17, 15) is 4.79 Å². The van der Waals surface area contributed by atoms with Gasteiger partial charge in [-0.15, -0.1) is 0 Å². The molecule has 1 aromatic heterocycles. The van der Waals surface area contributed by atoms with Crippen LogP contribution in [0.4, 0.5) is 0 Å². The first-order valence-electron chi connectivity index (χ1n) is 8.15. The molecule has 0 unspecified atom stereocenters. The second-order valence-corrected chi connectivity index (χ2v) is 5.85. The fourth-order valence-corrected chi connectivity index (χ4v) is 2.45. The predicted octanol–water partition coefficient (Wildman–Crippen LogP) is 3.79. The Balaban J connectivity index is 1.60. The van der Waals surface area contributed by atoms with Crippen LogP contribution in [0.3, 0.4) is 0 Å². The standard InChI is InChI=1S/C20H20N2O3/c1-13-6-4-5-7-19(13)24-10-11-25-20(23)16-8-9-17-18(12-16)22-15(3)14(2)21-17/h4-9,12H,10-11H2,1-3H3. The normalized spacial score (nSPS) is 10.7. The third kappa shape index (κ3) is 3.94. The van der Waals surface area contributed by atoms with Crippen molar-refractivity contribution in [3.8, 4) is 5.75 Å². The van der Waals surface area contributed by atoms with Gasteiger partial charge in [-0.25, -0.2) is 14.8 Å². The number of nitrogens with zero attached hydrogens (tertiary/aromatic N) is 2. The lowest BCUT2D eigenvalue weighted by Crippen LogP contribution is -2.12. The topological polar surface area (TPSA) is 61.3 Å². The number of aromatic nitrogens is 2. The molecule has 25 heavy (non-hydrogen) atoms. The molecule has 0 fully saturated rings. The number of esters is 1. The Bertz CT molecular complexity index is 922. The third-order valence-electron chi connectivity index (χ3n) is 3.98. The summed E-state index contributed by atoms with van der Waals surface area (Å²) in [6.45, 7) is 6.28. The Morgan fingerprint density at radius 1 is 0.920 bits per heavy atom. The third-order valence-corrected chi connectivity index (χ3v) is 3.98. The zero-order valence-electron chi connectivity index (χ0n) is 14.6. The molecule has 0 spiro atoms. The molecule has 128 valence electrons. The Labute approximate surface area is 146 Å². The van der Waals surface area contributed by atoms with Crippen LogP contribution < -0.4 is 4.74 Å². The van der Waals surface area contributed by atoms with Gasteiger partial charge in [0.05, 0.1) is 28.0 Å². The van der Waals surface area contributed by atoms with Crippen LogP contribution in [0.1, 0.15) is 27.3 Å². The summed E-state index contributed by atoms with van der Waals surface area (Å²) >= 11 is 0. The van der Waals surface area contributed by atoms with Crippen LogP contribution >= 0.6 is 0 Å². The second kappa shape index (κ2) is 7.30. The quantitative estimate of drug-likeness (QED) is 0.524. The van der Waals surface area contributed by atoms with Gasteiger partial charge >= 0.3 is 5.97 Å². The molecule has 0 saturated heterocycles. The lowest BCUT2D eigenvalue weighted by Gasteiger charge is -2.09. The number of benzene rings is 2. The summed E-state index contributed by atoms with van der Waals surface area (Å²) < 4.78 is 10.9. The highest BCUT2D eigenvalue weighted by atomic mass is 16.6. The van der Waals surface area contributed by atoms with Gasteiger partial charge in [-0.1, -0.05) is 18.2 Å². The lowest BCUT2D eigenvalue weighted by molar-refractivity contribution is 0.0450. The average Bonchev–Trinajstić information content (AvgIpc) is 2.60. The first kappa shape index (κ1) is 16.9. The van der Waals surface area contributed by atoms with Gasteiger partial charge in [0.15, 0.2) is 0 Å². The average molecular weight is 336 g/mol. The van der Waals surface area contributed by atoms with Gasteiger partial charge in [-0.05, 0) is 50.6 Å². The van der Waals surface area contributed by atoms with Gasteiger partial charge in [0, 0.05) is 0 Å². The minimum atomic E-state index is -0.393. The number of aryl methyl sites for hydroxylation is 3. The van der Waals surface area contributed by atoms with E-state index in [1.165, 1.54) is 0 Å². The molecular weight excluding hydrogens is 316 g/mol. The SMILES string of the molecule is Cc1ccccc1OCCOC(=O)c1ccc2nc(C)c(C)nc2c1. The van der Waals surface area contributed by atoms with E-state index in [1.54, 1.807) is 18.2 Å². The van der Waals surface area contributed by atoms with Crippen LogP contribution in [0, 0.1) is 20.8 Å². The summed E-state index contributed by atoms with van der Waals surface area (Å²) in [7, 11) is 0. The molecule has 0 amide bonds. The summed E-state index contributed by atoms with van der Waals surface area (Å²) in [6, 6.07) is 12.9. The van der Waals surface area contributed by atoms with Crippen molar-refractivity contribution in [2.75, 3.05) is 13.2 Å². The zero-order valence-corrected chi connectivity index (χ0v) is 14.6. The lowest BCUT2D eigenvalue weighted by atomic mass is 10.2. The molecule has 0 radical (unpaired) electrons. The van der Waals surface area contributed by atoms with Crippen LogP contribution in [0.2, 0.25) is 0 Å². The molecule has 0 saturated carbocycles. The van der Waals surface area contributed by atoms with E-state index in [-0.39, 0.29) is 6.61 Å². The number of para-hydroxylation sites is 1. The maximum absolute atomic E-state index is 12.2. The Morgan fingerprint density at radius 3 is 2.40 bits per heavy atom. The minimum absolute atomic E-state index is 0.184. The van der Waals surface area contributed by atoms with Gasteiger partial charge in [0.25, 0.3) is 0 Å². The van der Waals surface area contributed by atoms with Gasteiger partial charge in [-0.2, -0.15) is 0 Å². The maximum atomic E-state index is 12.2. The molecule has 1 heterocycles. The summed E-state index contributed by atoms with van der Waals surface area (Å²) in [5, 5.41) is 0. The largest absolute Gasteiger partial charge is 0.490 e. The molecular formula is C20H20N2O3. The highest BCUT2D eigenvalue weighted by molar-refractivity contribution is 5.93. The van der Waals surface area contributed by atoms with Gasteiger partial charge < -0.3 is 9.47 Å². The molecule has 0 bridgehead atoms. The molecule has 3 rings (SSSR count). The Kier molecular flexibility index (Phi) is 4.93.